The van der Waals surface area contributed by atoms with E-state index >= 15 is 0 Å². The molecule has 126 valence electrons. The summed E-state index contributed by atoms with van der Waals surface area (Å²) in [4.78, 5) is 9.69. The van der Waals surface area contributed by atoms with Gasteiger partial charge < -0.3 is 9.84 Å². The summed E-state index contributed by atoms with van der Waals surface area (Å²) in [6.45, 7) is 8.62. The summed E-state index contributed by atoms with van der Waals surface area (Å²) in [5.41, 5.74) is 7.08. The van der Waals surface area contributed by atoms with Crippen LogP contribution in [0.2, 0.25) is 19.6 Å². The number of benzene rings is 2. The normalized spacial score (nSPS) is 15.0. The van der Waals surface area contributed by atoms with Gasteiger partial charge in [0.25, 0.3) is 0 Å². The van der Waals surface area contributed by atoms with E-state index in [2.05, 4.69) is 25.3 Å². The fraction of sp³-hybridized carbons (Fsp3) is 0.200. The Hall–Kier alpha value is -2.66. The Kier molecular flexibility index (Phi) is 3.44. The molecule has 0 saturated heterocycles. The smallest absolute Gasteiger partial charge is 0.147 e. The lowest BCUT2D eigenvalue weighted by molar-refractivity contribution is 0.456. The molecule has 0 aliphatic carbocycles. The summed E-state index contributed by atoms with van der Waals surface area (Å²) in [5, 5.41) is 10.1. The zero-order valence-electron chi connectivity index (χ0n) is 14.8. The molecule has 4 nitrogen and oxygen atoms in total. The second kappa shape index (κ2) is 5.42. The number of ether oxygens (including phenoxy) is 1. The van der Waals surface area contributed by atoms with Crippen LogP contribution in [0.3, 0.4) is 0 Å². The fourth-order valence-corrected chi connectivity index (χ4v) is 3.99. The van der Waals surface area contributed by atoms with E-state index in [4.69, 9.17) is 14.7 Å². The molecule has 0 atom stereocenters. The molecule has 2 heterocycles. The van der Waals surface area contributed by atoms with Gasteiger partial charge in [0.15, 0.2) is 0 Å². The van der Waals surface area contributed by atoms with Crippen LogP contribution in [0.25, 0.3) is 28.0 Å². The maximum atomic E-state index is 10.1. The number of phenolic OH excluding ortho intramolecular Hbond substituents is 1. The highest BCUT2D eigenvalue weighted by atomic mass is 28.3. The molecule has 0 spiro atoms. The summed E-state index contributed by atoms with van der Waals surface area (Å²) in [5.74, 6) is 1.64. The molecule has 0 saturated carbocycles. The maximum absolute atomic E-state index is 10.1. The molecular formula is C20H20N2O2Si. The zero-order chi connectivity index (χ0) is 17.8. The average molecular weight is 348 g/mol. The van der Waals surface area contributed by atoms with E-state index in [0.29, 0.717) is 5.75 Å². The molecular weight excluding hydrogens is 328 g/mol. The quantitative estimate of drug-likeness (QED) is 0.634. The van der Waals surface area contributed by atoms with Crippen molar-refractivity contribution in [2.45, 2.75) is 26.6 Å². The second-order valence-electron chi connectivity index (χ2n) is 7.47. The topological polar surface area (TPSA) is 55.2 Å². The van der Waals surface area contributed by atoms with Crippen LogP contribution in [0.1, 0.15) is 11.3 Å². The van der Waals surface area contributed by atoms with Crippen LogP contribution < -0.4 is 4.74 Å². The number of hydrogen-bond donors (Lipinski definition) is 1. The second-order valence-corrected chi connectivity index (χ2v) is 12.5. The van der Waals surface area contributed by atoms with Gasteiger partial charge in [-0.1, -0.05) is 37.5 Å². The lowest BCUT2D eigenvalue weighted by Gasteiger charge is -2.25. The predicted molar refractivity (Wildman–Crippen MR) is 103 cm³/mol. The minimum absolute atomic E-state index is 0.225. The van der Waals surface area contributed by atoms with Crippen LogP contribution in [-0.4, -0.2) is 23.1 Å². The van der Waals surface area contributed by atoms with E-state index in [9.17, 15) is 5.11 Å². The van der Waals surface area contributed by atoms with Gasteiger partial charge in [-0.2, -0.15) is 0 Å². The maximum Gasteiger partial charge on any atom is 0.147 e. The Bertz CT molecular complexity index is 1040. The van der Waals surface area contributed by atoms with Crippen molar-refractivity contribution in [3.05, 3.63) is 53.4 Å². The monoisotopic (exact) mass is 348 g/mol. The first kappa shape index (κ1) is 15.8. The Morgan fingerprint density at radius 3 is 2.24 bits per heavy atom. The molecule has 25 heavy (non-hydrogen) atoms. The van der Waals surface area contributed by atoms with Crippen molar-refractivity contribution in [3.63, 3.8) is 0 Å². The molecule has 5 heteroatoms. The average Bonchev–Trinajstić information content (AvgIpc) is 2.56. The molecule has 0 fully saturated rings. The van der Waals surface area contributed by atoms with Crippen LogP contribution in [0.4, 0.5) is 0 Å². The Balaban J connectivity index is 2.08. The van der Waals surface area contributed by atoms with E-state index in [0.717, 1.165) is 39.3 Å². The summed E-state index contributed by atoms with van der Waals surface area (Å²) >= 11 is 0. The number of nitrogens with zero attached hydrogens (tertiary/aromatic N) is 2. The van der Waals surface area contributed by atoms with Crippen LogP contribution in [0.15, 0.2) is 42.1 Å². The van der Waals surface area contributed by atoms with E-state index in [1.807, 2.05) is 37.3 Å². The van der Waals surface area contributed by atoms with Gasteiger partial charge >= 0.3 is 0 Å². The number of phenols is 1. The van der Waals surface area contributed by atoms with Gasteiger partial charge in [0.2, 0.25) is 0 Å². The van der Waals surface area contributed by atoms with Gasteiger partial charge in [-0.05, 0) is 31.2 Å². The van der Waals surface area contributed by atoms with Crippen molar-refractivity contribution in [2.75, 3.05) is 0 Å². The van der Waals surface area contributed by atoms with Crippen molar-refractivity contribution in [2.24, 2.45) is 0 Å². The van der Waals surface area contributed by atoms with E-state index in [-0.39, 0.29) is 5.75 Å². The third-order valence-corrected chi connectivity index (χ3v) is 5.34. The number of fused-ring (bicyclic) bond motifs is 4. The first-order valence-corrected chi connectivity index (χ1v) is 11.9. The van der Waals surface area contributed by atoms with Crippen molar-refractivity contribution in [1.82, 2.24) is 9.97 Å². The summed E-state index contributed by atoms with van der Waals surface area (Å²) in [6, 6.07) is 11.4. The standard InChI is InChI=1S/C20H20N2O2Si/c1-12-16(23)10-9-13-18-19(17(24-20(12)13)11-25(2,3)4)22-15-8-6-5-7-14(15)21-18/h5-11,23H,1-4H3/b17-11+. The van der Waals surface area contributed by atoms with Crippen LogP contribution in [0, 0.1) is 6.92 Å². The largest absolute Gasteiger partial charge is 0.508 e. The Morgan fingerprint density at radius 2 is 1.60 bits per heavy atom. The van der Waals surface area contributed by atoms with Crippen molar-refractivity contribution < 1.29 is 9.84 Å². The van der Waals surface area contributed by atoms with Crippen molar-refractivity contribution in [3.8, 4) is 22.8 Å². The van der Waals surface area contributed by atoms with E-state index < -0.39 is 8.07 Å². The third kappa shape index (κ3) is 2.70. The number of hydrogen-bond acceptors (Lipinski definition) is 4. The summed E-state index contributed by atoms with van der Waals surface area (Å²) in [6.07, 6.45) is 0. The van der Waals surface area contributed by atoms with Gasteiger partial charge in [0.05, 0.1) is 19.1 Å². The molecule has 3 aromatic rings. The lowest BCUT2D eigenvalue weighted by Crippen LogP contribution is -2.20. The van der Waals surface area contributed by atoms with Crippen LogP contribution in [0.5, 0.6) is 11.5 Å². The fourth-order valence-electron chi connectivity index (χ4n) is 3.01. The molecule has 1 aromatic heterocycles. The van der Waals surface area contributed by atoms with Crippen molar-refractivity contribution in [1.29, 1.82) is 0 Å². The first-order chi connectivity index (χ1) is 11.8. The predicted octanol–water partition coefficient (Wildman–Crippen LogP) is 4.92. The van der Waals surface area contributed by atoms with Gasteiger partial charge in [0.1, 0.15) is 28.6 Å². The number of rotatable bonds is 1. The third-order valence-electron chi connectivity index (χ3n) is 4.21. The summed E-state index contributed by atoms with van der Waals surface area (Å²) < 4.78 is 6.23. The highest BCUT2D eigenvalue weighted by Gasteiger charge is 2.29. The van der Waals surface area contributed by atoms with Crippen LogP contribution in [-0.2, 0) is 0 Å². The molecule has 0 amide bonds. The summed E-state index contributed by atoms with van der Waals surface area (Å²) in [7, 11) is -1.55. The zero-order valence-corrected chi connectivity index (χ0v) is 15.8. The van der Waals surface area contributed by atoms with Gasteiger partial charge in [-0.15, -0.1) is 0 Å². The molecule has 0 bridgehead atoms. The molecule has 2 aromatic carbocycles. The van der Waals surface area contributed by atoms with Crippen LogP contribution >= 0.6 is 0 Å². The SMILES string of the molecule is Cc1c(O)ccc2c1O/C(=C/[Si](C)(C)C)c1nc3ccccc3nc1-2. The molecule has 0 unspecified atom stereocenters. The highest BCUT2D eigenvalue weighted by molar-refractivity contribution is 6.81. The number of para-hydroxylation sites is 2. The Labute approximate surface area is 147 Å². The molecule has 1 N–H and O–H groups in total. The van der Waals surface area contributed by atoms with Gasteiger partial charge in [-0.3, -0.25) is 0 Å². The van der Waals surface area contributed by atoms with E-state index in [1.165, 1.54) is 0 Å². The van der Waals surface area contributed by atoms with Gasteiger partial charge in [0, 0.05) is 11.1 Å². The van der Waals surface area contributed by atoms with E-state index in [1.54, 1.807) is 6.07 Å². The molecule has 4 rings (SSSR count). The number of aromatic hydroxyl groups is 1. The molecule has 1 aliphatic rings. The highest BCUT2D eigenvalue weighted by Crippen LogP contribution is 2.45. The van der Waals surface area contributed by atoms with Gasteiger partial charge in [-0.25, -0.2) is 9.97 Å². The number of aromatic nitrogens is 2. The minimum Gasteiger partial charge on any atom is -0.508 e. The minimum atomic E-state index is -1.55. The first-order valence-electron chi connectivity index (χ1n) is 8.34. The van der Waals surface area contributed by atoms with Crippen molar-refractivity contribution >= 4 is 24.9 Å². The molecule has 1 aliphatic heterocycles. The lowest BCUT2D eigenvalue weighted by atomic mass is 10.0. The Morgan fingerprint density at radius 1 is 0.960 bits per heavy atom. The molecule has 0 radical (unpaired) electrons.